The molecule has 0 saturated carbocycles. The highest BCUT2D eigenvalue weighted by molar-refractivity contribution is 9.10. The van der Waals surface area contributed by atoms with Gasteiger partial charge < -0.3 is 0 Å². The number of alkyl halides is 4. The standard InChI is InChI=1S/C11H11BrClF3S/c12-10-4-2-1-3-9(10)8(7-13)5-6-17-11(14,15)16/h1-4,8H,5-7H2. The molecular weight excluding hydrogens is 337 g/mol. The number of halogens is 5. The van der Waals surface area contributed by atoms with Crippen molar-refractivity contribution in [3.8, 4) is 0 Å². The van der Waals surface area contributed by atoms with E-state index in [1.165, 1.54) is 0 Å². The summed E-state index contributed by atoms with van der Waals surface area (Å²) in [4.78, 5) is 0. The van der Waals surface area contributed by atoms with E-state index < -0.39 is 5.51 Å². The third kappa shape index (κ3) is 5.53. The van der Waals surface area contributed by atoms with Gasteiger partial charge in [0.05, 0.1) is 0 Å². The predicted molar refractivity (Wildman–Crippen MR) is 70.7 cm³/mol. The molecule has 1 rings (SSSR count). The van der Waals surface area contributed by atoms with Gasteiger partial charge in [0.1, 0.15) is 0 Å². The highest BCUT2D eigenvalue weighted by Crippen LogP contribution is 2.34. The summed E-state index contributed by atoms with van der Waals surface area (Å²) in [6, 6.07) is 7.47. The Morgan fingerprint density at radius 1 is 1.29 bits per heavy atom. The van der Waals surface area contributed by atoms with Crippen LogP contribution in [0.2, 0.25) is 0 Å². The summed E-state index contributed by atoms with van der Waals surface area (Å²) in [5.41, 5.74) is -3.20. The van der Waals surface area contributed by atoms with Gasteiger partial charge in [0.2, 0.25) is 0 Å². The van der Waals surface area contributed by atoms with Gasteiger partial charge in [0, 0.05) is 16.1 Å². The van der Waals surface area contributed by atoms with Crippen LogP contribution in [0, 0.1) is 0 Å². The van der Waals surface area contributed by atoms with Crippen LogP contribution in [0.1, 0.15) is 17.9 Å². The first-order valence-electron chi connectivity index (χ1n) is 4.95. The molecule has 0 heterocycles. The van der Waals surface area contributed by atoms with Crippen molar-refractivity contribution in [1.82, 2.24) is 0 Å². The van der Waals surface area contributed by atoms with E-state index >= 15 is 0 Å². The maximum atomic E-state index is 12.0. The minimum atomic E-state index is -4.16. The summed E-state index contributed by atoms with van der Waals surface area (Å²) in [5.74, 6) is 0.297. The first-order chi connectivity index (χ1) is 7.94. The van der Waals surface area contributed by atoms with Crippen molar-refractivity contribution in [1.29, 1.82) is 0 Å². The van der Waals surface area contributed by atoms with E-state index in [1.807, 2.05) is 24.3 Å². The van der Waals surface area contributed by atoms with Crippen molar-refractivity contribution in [2.45, 2.75) is 17.8 Å². The average Bonchev–Trinajstić information content (AvgIpc) is 2.24. The molecule has 1 unspecified atom stereocenters. The van der Waals surface area contributed by atoms with Gasteiger partial charge in [-0.3, -0.25) is 0 Å². The van der Waals surface area contributed by atoms with E-state index in [1.54, 1.807) is 0 Å². The van der Waals surface area contributed by atoms with Crippen LogP contribution in [0.5, 0.6) is 0 Å². The van der Waals surface area contributed by atoms with E-state index in [9.17, 15) is 13.2 Å². The Morgan fingerprint density at radius 3 is 2.47 bits per heavy atom. The maximum Gasteiger partial charge on any atom is 0.441 e. The molecule has 0 saturated heterocycles. The second-order valence-corrected chi connectivity index (χ2v) is 5.78. The molecule has 0 aliphatic heterocycles. The fraction of sp³-hybridized carbons (Fsp3) is 0.455. The molecule has 1 atom stereocenters. The fourth-order valence-electron chi connectivity index (χ4n) is 1.44. The first kappa shape index (κ1) is 15.2. The van der Waals surface area contributed by atoms with Crippen molar-refractivity contribution in [3.63, 3.8) is 0 Å². The molecule has 0 radical (unpaired) electrons. The molecule has 96 valence electrons. The molecule has 0 fully saturated rings. The second kappa shape index (κ2) is 6.90. The Balaban J connectivity index is 2.58. The minimum absolute atomic E-state index is 0.00385. The van der Waals surface area contributed by atoms with E-state index in [0.29, 0.717) is 12.3 Å². The normalized spacial score (nSPS) is 13.7. The van der Waals surface area contributed by atoms with Gasteiger partial charge in [-0.15, -0.1) is 11.6 Å². The lowest BCUT2D eigenvalue weighted by Crippen LogP contribution is -2.07. The van der Waals surface area contributed by atoms with Crippen molar-refractivity contribution in [3.05, 3.63) is 34.3 Å². The zero-order valence-corrected chi connectivity index (χ0v) is 12.0. The molecule has 0 aliphatic rings. The lowest BCUT2D eigenvalue weighted by atomic mass is 9.99. The molecule has 1 aromatic carbocycles. The molecule has 17 heavy (non-hydrogen) atoms. The van der Waals surface area contributed by atoms with Crippen molar-refractivity contribution < 1.29 is 13.2 Å². The van der Waals surface area contributed by atoms with Crippen LogP contribution in [-0.2, 0) is 0 Å². The van der Waals surface area contributed by atoms with Crippen LogP contribution < -0.4 is 0 Å². The number of benzene rings is 1. The molecule has 0 nitrogen and oxygen atoms in total. The average molecular weight is 348 g/mol. The van der Waals surface area contributed by atoms with E-state index in [4.69, 9.17) is 11.6 Å². The van der Waals surface area contributed by atoms with Crippen molar-refractivity contribution >= 4 is 39.3 Å². The monoisotopic (exact) mass is 346 g/mol. The predicted octanol–water partition coefficient (Wildman–Crippen LogP) is 5.41. The molecule has 0 aromatic heterocycles. The van der Waals surface area contributed by atoms with Crippen LogP contribution in [-0.4, -0.2) is 17.1 Å². The first-order valence-corrected chi connectivity index (χ1v) is 7.26. The zero-order chi connectivity index (χ0) is 12.9. The Hall–Kier alpha value is 0.130. The Kier molecular flexibility index (Phi) is 6.17. The molecule has 6 heteroatoms. The summed E-state index contributed by atoms with van der Waals surface area (Å²) in [6.45, 7) is 0. The van der Waals surface area contributed by atoms with Crippen molar-refractivity contribution in [2.24, 2.45) is 0 Å². The molecule has 0 N–H and O–H groups in total. The van der Waals surface area contributed by atoms with Crippen LogP contribution in [0.25, 0.3) is 0 Å². The molecule has 0 aliphatic carbocycles. The third-order valence-electron chi connectivity index (χ3n) is 2.26. The lowest BCUT2D eigenvalue weighted by molar-refractivity contribution is -0.0328. The summed E-state index contributed by atoms with van der Waals surface area (Å²) >= 11 is 9.20. The van der Waals surface area contributed by atoms with Gasteiger partial charge in [-0.05, 0) is 24.0 Å². The molecular formula is C11H11BrClF3S. The van der Waals surface area contributed by atoms with Crippen molar-refractivity contribution in [2.75, 3.05) is 11.6 Å². The topological polar surface area (TPSA) is 0 Å². The molecule has 0 bridgehead atoms. The van der Waals surface area contributed by atoms with Crippen LogP contribution in [0.15, 0.2) is 28.7 Å². The summed E-state index contributed by atoms with van der Waals surface area (Å²) in [5, 5.41) is 0. The van der Waals surface area contributed by atoms with Gasteiger partial charge in [-0.25, -0.2) is 0 Å². The van der Waals surface area contributed by atoms with Gasteiger partial charge in [0.15, 0.2) is 0 Å². The van der Waals surface area contributed by atoms with Crippen LogP contribution in [0.4, 0.5) is 13.2 Å². The largest absolute Gasteiger partial charge is 0.441 e. The fourth-order valence-corrected chi connectivity index (χ4v) is 3.00. The summed E-state index contributed by atoms with van der Waals surface area (Å²) < 4.78 is 36.9. The number of rotatable bonds is 5. The highest BCUT2D eigenvalue weighted by atomic mass is 79.9. The minimum Gasteiger partial charge on any atom is -0.160 e. The highest BCUT2D eigenvalue weighted by Gasteiger charge is 2.28. The second-order valence-electron chi connectivity index (χ2n) is 3.46. The van der Waals surface area contributed by atoms with Gasteiger partial charge >= 0.3 is 5.51 Å². The lowest BCUT2D eigenvalue weighted by Gasteiger charge is -2.16. The number of thioether (sulfide) groups is 1. The molecule has 1 aromatic rings. The van der Waals surface area contributed by atoms with Gasteiger partial charge in [0.25, 0.3) is 0 Å². The van der Waals surface area contributed by atoms with Crippen LogP contribution in [0.3, 0.4) is 0 Å². The quantitative estimate of drug-likeness (QED) is 0.641. The van der Waals surface area contributed by atoms with Gasteiger partial charge in [-0.1, -0.05) is 45.9 Å². The third-order valence-corrected chi connectivity index (χ3v) is 4.13. The molecule has 0 amide bonds. The van der Waals surface area contributed by atoms with E-state index in [2.05, 4.69) is 15.9 Å². The Labute approximate surface area is 116 Å². The Morgan fingerprint density at radius 2 is 1.94 bits per heavy atom. The zero-order valence-electron chi connectivity index (χ0n) is 8.81. The number of hydrogen-bond donors (Lipinski definition) is 0. The smallest absolute Gasteiger partial charge is 0.160 e. The Bertz CT molecular complexity index is 357. The summed E-state index contributed by atoms with van der Waals surface area (Å²) in [6.07, 6.45) is 0.413. The van der Waals surface area contributed by atoms with Gasteiger partial charge in [-0.2, -0.15) is 13.2 Å². The van der Waals surface area contributed by atoms with E-state index in [-0.39, 0.29) is 23.4 Å². The molecule has 0 spiro atoms. The summed E-state index contributed by atoms with van der Waals surface area (Å²) in [7, 11) is 0. The van der Waals surface area contributed by atoms with E-state index in [0.717, 1.165) is 10.0 Å². The van der Waals surface area contributed by atoms with Crippen LogP contribution >= 0.6 is 39.3 Å². The number of hydrogen-bond acceptors (Lipinski definition) is 1. The SMILES string of the molecule is FC(F)(F)SCCC(CCl)c1ccccc1Br. The maximum absolute atomic E-state index is 12.0.